The highest BCUT2D eigenvalue weighted by atomic mass is 32.2. The van der Waals surface area contributed by atoms with Crippen molar-refractivity contribution in [3.8, 4) is 0 Å². The van der Waals surface area contributed by atoms with E-state index in [1.807, 2.05) is 0 Å². The molecule has 1 fully saturated rings. The van der Waals surface area contributed by atoms with Crippen LogP contribution in [0.15, 0.2) is 29.2 Å². The van der Waals surface area contributed by atoms with Gasteiger partial charge in [-0.15, -0.1) is 0 Å². The quantitative estimate of drug-likeness (QED) is 0.769. The Bertz CT molecular complexity index is 594. The van der Waals surface area contributed by atoms with Crippen molar-refractivity contribution in [2.45, 2.75) is 23.8 Å². The van der Waals surface area contributed by atoms with Gasteiger partial charge in [0.2, 0.25) is 15.9 Å². The van der Waals surface area contributed by atoms with E-state index in [0.717, 1.165) is 12.8 Å². The van der Waals surface area contributed by atoms with Crippen LogP contribution in [0.25, 0.3) is 0 Å². The van der Waals surface area contributed by atoms with Gasteiger partial charge in [-0.1, -0.05) is 0 Å². The fourth-order valence-electron chi connectivity index (χ4n) is 2.14. The van der Waals surface area contributed by atoms with Crippen molar-refractivity contribution in [3.05, 3.63) is 24.3 Å². The zero-order valence-electron chi connectivity index (χ0n) is 12.4. The number of sulfonamides is 1. The monoisotopic (exact) mass is 328 g/mol. The molecule has 2 N–H and O–H groups in total. The normalized spacial score (nSPS) is 18.3. The number of hydrogen-bond donors (Lipinski definition) is 2. The molecule has 0 spiro atoms. The van der Waals surface area contributed by atoms with Crippen LogP contribution in [0.5, 0.6) is 0 Å². The zero-order chi connectivity index (χ0) is 16.0. The summed E-state index contributed by atoms with van der Waals surface area (Å²) in [6.07, 6.45) is 1.78. The molecule has 0 aliphatic carbocycles. The Morgan fingerprint density at radius 3 is 2.68 bits per heavy atom. The van der Waals surface area contributed by atoms with Gasteiger partial charge in [0.05, 0.1) is 11.0 Å². The number of benzene rings is 1. The van der Waals surface area contributed by atoms with Gasteiger partial charge in [-0.3, -0.25) is 4.79 Å². The van der Waals surface area contributed by atoms with E-state index in [2.05, 4.69) is 10.0 Å². The lowest BCUT2D eigenvalue weighted by Gasteiger charge is -2.12. The molecule has 1 heterocycles. The van der Waals surface area contributed by atoms with E-state index >= 15 is 0 Å². The van der Waals surface area contributed by atoms with Gasteiger partial charge < -0.3 is 14.8 Å². The third kappa shape index (κ3) is 4.77. The molecule has 1 aliphatic rings. The number of nitrogens with one attached hydrogen (secondary N) is 2. The van der Waals surface area contributed by atoms with Crippen molar-refractivity contribution in [2.75, 3.05) is 32.2 Å². The average Bonchev–Trinajstić information content (AvgIpc) is 2.99. The summed E-state index contributed by atoms with van der Waals surface area (Å²) in [5, 5.41) is 2.60. The molecule has 22 heavy (non-hydrogen) atoms. The molecule has 1 saturated heterocycles. The molecule has 1 aliphatic heterocycles. The second kappa shape index (κ2) is 7.68. The fraction of sp³-hybridized carbons (Fsp3) is 0.500. The smallest absolute Gasteiger partial charge is 0.250 e. The number of amides is 1. The van der Waals surface area contributed by atoms with Gasteiger partial charge in [-0.05, 0) is 37.1 Å². The van der Waals surface area contributed by atoms with E-state index in [-0.39, 0.29) is 30.1 Å². The third-order valence-corrected chi connectivity index (χ3v) is 4.69. The SMILES string of the molecule is COCC(=O)Nc1ccc(S(=O)(=O)NC[C@@H]2CCCO2)cc1. The molecule has 2 rings (SSSR count). The van der Waals surface area contributed by atoms with Crippen LogP contribution in [0.4, 0.5) is 5.69 Å². The van der Waals surface area contributed by atoms with Gasteiger partial charge >= 0.3 is 0 Å². The van der Waals surface area contributed by atoms with Crippen molar-refractivity contribution >= 4 is 21.6 Å². The van der Waals surface area contributed by atoms with Crippen LogP contribution in [0.2, 0.25) is 0 Å². The maximum atomic E-state index is 12.2. The van der Waals surface area contributed by atoms with Crippen molar-refractivity contribution in [2.24, 2.45) is 0 Å². The molecular weight excluding hydrogens is 308 g/mol. The summed E-state index contributed by atoms with van der Waals surface area (Å²) in [7, 11) is -2.15. The van der Waals surface area contributed by atoms with Crippen molar-refractivity contribution in [3.63, 3.8) is 0 Å². The van der Waals surface area contributed by atoms with Gasteiger partial charge in [0.25, 0.3) is 0 Å². The number of methoxy groups -OCH3 is 1. The molecular formula is C14H20N2O5S. The van der Waals surface area contributed by atoms with Crippen LogP contribution in [0, 0.1) is 0 Å². The number of ether oxygens (including phenoxy) is 2. The number of anilines is 1. The van der Waals surface area contributed by atoms with E-state index in [9.17, 15) is 13.2 Å². The van der Waals surface area contributed by atoms with E-state index < -0.39 is 10.0 Å². The minimum absolute atomic E-state index is 0.0526. The molecule has 1 aromatic rings. The van der Waals surface area contributed by atoms with E-state index in [1.165, 1.54) is 31.4 Å². The first kappa shape index (κ1) is 16.9. The minimum Gasteiger partial charge on any atom is -0.377 e. The highest BCUT2D eigenvalue weighted by Crippen LogP contribution is 2.15. The van der Waals surface area contributed by atoms with E-state index in [1.54, 1.807) is 0 Å². The molecule has 8 heteroatoms. The Labute approximate surface area is 130 Å². The minimum atomic E-state index is -3.57. The largest absolute Gasteiger partial charge is 0.377 e. The van der Waals surface area contributed by atoms with Gasteiger partial charge in [-0.25, -0.2) is 13.1 Å². The molecule has 1 atom stereocenters. The van der Waals surface area contributed by atoms with Crippen LogP contribution in [0.3, 0.4) is 0 Å². The summed E-state index contributed by atoms with van der Waals surface area (Å²) < 4.78 is 36.9. The van der Waals surface area contributed by atoms with Crippen LogP contribution in [0.1, 0.15) is 12.8 Å². The molecule has 0 unspecified atom stereocenters. The lowest BCUT2D eigenvalue weighted by molar-refractivity contribution is -0.119. The first-order valence-corrected chi connectivity index (χ1v) is 8.50. The highest BCUT2D eigenvalue weighted by molar-refractivity contribution is 7.89. The van der Waals surface area contributed by atoms with Crippen molar-refractivity contribution in [1.82, 2.24) is 4.72 Å². The first-order chi connectivity index (χ1) is 10.5. The average molecular weight is 328 g/mol. The van der Waals surface area contributed by atoms with Crippen LogP contribution < -0.4 is 10.0 Å². The van der Waals surface area contributed by atoms with Crippen molar-refractivity contribution < 1.29 is 22.7 Å². The Kier molecular flexibility index (Phi) is 5.90. The second-order valence-electron chi connectivity index (χ2n) is 4.99. The van der Waals surface area contributed by atoms with Gasteiger partial charge in [0.1, 0.15) is 6.61 Å². The molecule has 0 aromatic heterocycles. The lowest BCUT2D eigenvalue weighted by Crippen LogP contribution is -2.31. The van der Waals surface area contributed by atoms with Gasteiger partial charge in [0, 0.05) is 25.9 Å². The van der Waals surface area contributed by atoms with E-state index in [0.29, 0.717) is 12.3 Å². The molecule has 0 bridgehead atoms. The maximum Gasteiger partial charge on any atom is 0.250 e. The number of carbonyl (C=O) groups excluding carboxylic acids is 1. The Morgan fingerprint density at radius 2 is 2.09 bits per heavy atom. The molecule has 1 amide bonds. The summed E-state index contributed by atoms with van der Waals surface area (Å²) in [5.41, 5.74) is 0.514. The first-order valence-electron chi connectivity index (χ1n) is 7.01. The summed E-state index contributed by atoms with van der Waals surface area (Å²) in [5.74, 6) is -0.297. The predicted molar refractivity (Wildman–Crippen MR) is 81.1 cm³/mol. The summed E-state index contributed by atoms with van der Waals surface area (Å²) in [6.45, 7) is 0.903. The Morgan fingerprint density at radius 1 is 1.36 bits per heavy atom. The molecule has 0 radical (unpaired) electrons. The van der Waals surface area contributed by atoms with Crippen LogP contribution >= 0.6 is 0 Å². The summed E-state index contributed by atoms with van der Waals surface area (Å²) >= 11 is 0. The fourth-order valence-corrected chi connectivity index (χ4v) is 3.20. The van der Waals surface area contributed by atoms with Crippen LogP contribution in [-0.4, -0.2) is 47.3 Å². The Balaban J connectivity index is 1.94. The predicted octanol–water partition coefficient (Wildman–Crippen LogP) is 0.729. The topological polar surface area (TPSA) is 93.7 Å². The lowest BCUT2D eigenvalue weighted by atomic mass is 10.2. The number of carbonyl (C=O) groups is 1. The maximum absolute atomic E-state index is 12.2. The standard InChI is InChI=1S/C14H20N2O5S/c1-20-10-14(17)16-11-4-6-13(7-5-11)22(18,19)15-9-12-3-2-8-21-12/h4-7,12,15H,2-3,8-10H2,1H3,(H,16,17)/t12-/m0/s1. The zero-order valence-corrected chi connectivity index (χ0v) is 13.2. The number of hydrogen-bond acceptors (Lipinski definition) is 5. The molecule has 0 saturated carbocycles. The van der Waals surface area contributed by atoms with Crippen LogP contribution in [-0.2, 0) is 24.3 Å². The van der Waals surface area contributed by atoms with Crippen molar-refractivity contribution in [1.29, 1.82) is 0 Å². The van der Waals surface area contributed by atoms with Gasteiger partial charge in [0.15, 0.2) is 0 Å². The molecule has 1 aromatic carbocycles. The summed E-state index contributed by atoms with van der Waals surface area (Å²) in [6, 6.07) is 5.96. The molecule has 122 valence electrons. The Hall–Kier alpha value is -1.48. The molecule has 7 nitrogen and oxygen atoms in total. The van der Waals surface area contributed by atoms with E-state index in [4.69, 9.17) is 9.47 Å². The second-order valence-corrected chi connectivity index (χ2v) is 6.76. The van der Waals surface area contributed by atoms with Gasteiger partial charge in [-0.2, -0.15) is 0 Å². The number of rotatable bonds is 7. The third-order valence-electron chi connectivity index (χ3n) is 3.25. The summed E-state index contributed by atoms with van der Waals surface area (Å²) in [4.78, 5) is 11.5. The highest BCUT2D eigenvalue weighted by Gasteiger charge is 2.20.